The number of fused-ring (bicyclic) bond motifs is 5. The molecule has 2 saturated carbocycles. The molecule has 30 heavy (non-hydrogen) atoms. The summed E-state index contributed by atoms with van der Waals surface area (Å²) in [4.78, 5) is 40.2. The summed E-state index contributed by atoms with van der Waals surface area (Å²) in [6.45, 7) is 0.115. The first kappa shape index (κ1) is 19.8. The molecule has 2 aromatic rings. The fourth-order valence-electron chi connectivity index (χ4n) is 5.40. The van der Waals surface area contributed by atoms with Crippen LogP contribution in [0.25, 0.3) is 0 Å². The summed E-state index contributed by atoms with van der Waals surface area (Å²) < 4.78 is 0.912. The average Bonchev–Trinajstić information content (AvgIpc) is 3.42. The number of hydrogen-bond donors (Lipinski definition) is 0. The van der Waals surface area contributed by atoms with E-state index in [2.05, 4.69) is 15.9 Å². The van der Waals surface area contributed by atoms with Crippen LogP contribution < -0.4 is 0 Å². The molecular formula is C23H20BrClN2O3. The second-order valence-corrected chi connectivity index (χ2v) is 9.67. The van der Waals surface area contributed by atoms with Crippen LogP contribution in [0.3, 0.4) is 0 Å². The van der Waals surface area contributed by atoms with Crippen LogP contribution in [-0.4, -0.2) is 27.7 Å². The van der Waals surface area contributed by atoms with E-state index in [0.717, 1.165) is 34.3 Å². The molecule has 2 bridgehead atoms. The van der Waals surface area contributed by atoms with Crippen LogP contribution in [0.2, 0.25) is 5.02 Å². The average molecular weight is 488 g/mol. The highest BCUT2D eigenvalue weighted by atomic mass is 79.9. The van der Waals surface area contributed by atoms with E-state index in [9.17, 15) is 14.4 Å². The molecule has 5 nitrogen and oxygen atoms in total. The number of benzene rings is 2. The van der Waals surface area contributed by atoms with Crippen molar-refractivity contribution in [1.82, 2.24) is 10.0 Å². The Morgan fingerprint density at radius 1 is 1.00 bits per heavy atom. The van der Waals surface area contributed by atoms with E-state index in [4.69, 9.17) is 11.6 Å². The molecule has 3 fully saturated rings. The Morgan fingerprint density at radius 3 is 2.20 bits per heavy atom. The molecule has 7 heteroatoms. The van der Waals surface area contributed by atoms with Gasteiger partial charge in [0.25, 0.3) is 17.7 Å². The zero-order valence-corrected chi connectivity index (χ0v) is 18.5. The fraction of sp³-hybridized carbons (Fsp3) is 0.348. The lowest BCUT2D eigenvalue weighted by Crippen LogP contribution is -2.50. The first-order valence-corrected chi connectivity index (χ1v) is 11.3. The largest absolute Gasteiger partial charge is 0.274 e. The highest BCUT2D eigenvalue weighted by Gasteiger charge is 2.62. The highest BCUT2D eigenvalue weighted by molar-refractivity contribution is 9.10. The van der Waals surface area contributed by atoms with Gasteiger partial charge in [-0.3, -0.25) is 14.4 Å². The Morgan fingerprint density at radius 2 is 1.60 bits per heavy atom. The first-order valence-electron chi connectivity index (χ1n) is 10.1. The molecule has 3 aliphatic rings. The maximum absolute atomic E-state index is 13.5. The molecular weight excluding hydrogens is 468 g/mol. The van der Waals surface area contributed by atoms with Crippen molar-refractivity contribution in [3.8, 4) is 0 Å². The summed E-state index contributed by atoms with van der Waals surface area (Å²) in [6, 6.07) is 14.2. The van der Waals surface area contributed by atoms with Crippen LogP contribution in [0.15, 0.2) is 53.0 Å². The molecule has 1 saturated heterocycles. The van der Waals surface area contributed by atoms with E-state index < -0.39 is 5.91 Å². The fourth-order valence-corrected chi connectivity index (χ4v) is 5.88. The van der Waals surface area contributed by atoms with E-state index in [1.807, 2.05) is 24.3 Å². The van der Waals surface area contributed by atoms with Gasteiger partial charge >= 0.3 is 0 Å². The molecule has 0 unspecified atom stereocenters. The van der Waals surface area contributed by atoms with Crippen LogP contribution in [0, 0.1) is 23.7 Å². The highest BCUT2D eigenvalue weighted by Crippen LogP contribution is 2.56. The Balaban J connectivity index is 1.53. The van der Waals surface area contributed by atoms with E-state index in [0.29, 0.717) is 5.02 Å². The van der Waals surface area contributed by atoms with E-state index in [1.54, 1.807) is 24.3 Å². The topological polar surface area (TPSA) is 57.7 Å². The van der Waals surface area contributed by atoms with Crippen LogP contribution in [0.4, 0.5) is 0 Å². The third kappa shape index (κ3) is 3.08. The van der Waals surface area contributed by atoms with Gasteiger partial charge in [-0.2, -0.15) is 5.01 Å². The number of nitrogens with zero attached hydrogens (tertiary/aromatic N) is 2. The van der Waals surface area contributed by atoms with Crippen LogP contribution in [-0.2, 0) is 16.1 Å². The lowest BCUT2D eigenvalue weighted by molar-refractivity contribution is -0.156. The van der Waals surface area contributed by atoms with Gasteiger partial charge < -0.3 is 0 Å². The predicted molar refractivity (Wildman–Crippen MR) is 115 cm³/mol. The van der Waals surface area contributed by atoms with E-state index in [1.165, 1.54) is 5.01 Å². The monoisotopic (exact) mass is 486 g/mol. The number of carbonyl (C=O) groups is 3. The summed E-state index contributed by atoms with van der Waals surface area (Å²) >= 11 is 9.68. The van der Waals surface area contributed by atoms with E-state index >= 15 is 0 Å². The molecule has 4 atom stereocenters. The predicted octanol–water partition coefficient (Wildman–Crippen LogP) is 4.69. The summed E-state index contributed by atoms with van der Waals surface area (Å²) in [5.74, 6) is -0.995. The third-order valence-corrected chi connectivity index (χ3v) is 7.59. The number of hydrazine groups is 1. The zero-order valence-electron chi connectivity index (χ0n) is 16.1. The molecule has 0 radical (unpaired) electrons. The number of halogens is 2. The minimum Gasteiger partial charge on any atom is -0.272 e. The van der Waals surface area contributed by atoms with Crippen LogP contribution in [0.5, 0.6) is 0 Å². The molecule has 0 spiro atoms. The van der Waals surface area contributed by atoms with Crippen molar-refractivity contribution in [3.05, 3.63) is 69.2 Å². The van der Waals surface area contributed by atoms with Gasteiger partial charge in [-0.1, -0.05) is 51.8 Å². The minimum absolute atomic E-state index is 0.115. The van der Waals surface area contributed by atoms with Gasteiger partial charge in [0.1, 0.15) is 0 Å². The molecule has 1 aliphatic heterocycles. The normalized spacial score (nSPS) is 26.9. The van der Waals surface area contributed by atoms with Crippen molar-refractivity contribution in [2.45, 2.75) is 25.8 Å². The molecule has 154 valence electrons. The maximum atomic E-state index is 13.5. The number of rotatable bonds is 4. The van der Waals surface area contributed by atoms with Crippen molar-refractivity contribution in [3.63, 3.8) is 0 Å². The summed E-state index contributed by atoms with van der Waals surface area (Å²) in [5, 5.41) is 2.70. The zero-order chi connectivity index (χ0) is 21.0. The standard InChI is InChI=1S/C23H20BrClN2O3/c24-16-9-5-13(6-10-16)12-26(21(28)17-3-1-2-4-18(17)25)27-22(29)19-14-7-8-15(11-14)20(19)23(27)30/h1-6,9-10,14-15,19-20H,7-8,11-12H2/t14-,15-,19+,20+/m0/s1. The molecule has 3 amide bonds. The Hall–Kier alpha value is -2.18. The lowest BCUT2D eigenvalue weighted by Gasteiger charge is -2.31. The van der Waals surface area contributed by atoms with Crippen LogP contribution >= 0.6 is 27.5 Å². The molecule has 0 N–H and O–H groups in total. The number of hydrogen-bond acceptors (Lipinski definition) is 3. The lowest BCUT2D eigenvalue weighted by atomic mass is 9.81. The third-order valence-electron chi connectivity index (χ3n) is 6.73. The Kier molecular flexibility index (Phi) is 4.94. The quantitative estimate of drug-likeness (QED) is 0.588. The number of amides is 3. The van der Waals surface area contributed by atoms with E-state index in [-0.39, 0.29) is 47.6 Å². The Bertz CT molecular complexity index is 1010. The molecule has 0 aromatic heterocycles. The van der Waals surface area contributed by atoms with Gasteiger partial charge in [-0.15, -0.1) is 0 Å². The van der Waals surface area contributed by atoms with Crippen molar-refractivity contribution in [1.29, 1.82) is 0 Å². The summed E-state index contributed by atoms with van der Waals surface area (Å²) in [5.41, 5.74) is 1.09. The van der Waals surface area contributed by atoms with Crippen molar-refractivity contribution in [2.75, 3.05) is 0 Å². The van der Waals surface area contributed by atoms with Gasteiger partial charge in [-0.05, 0) is 60.9 Å². The minimum atomic E-state index is -0.447. The second-order valence-electron chi connectivity index (χ2n) is 8.34. The first-order chi connectivity index (χ1) is 14.5. The SMILES string of the molecule is O=C(c1ccccc1Cl)N(Cc1ccc(Br)cc1)N1C(=O)[C@@H]2[C@H]3CC[C@@H](C3)[C@H]2C1=O. The molecule has 5 rings (SSSR count). The van der Waals surface area contributed by atoms with Crippen molar-refractivity contribution in [2.24, 2.45) is 23.7 Å². The van der Waals surface area contributed by atoms with Crippen molar-refractivity contribution >= 4 is 45.3 Å². The van der Waals surface area contributed by atoms with Crippen LogP contribution in [0.1, 0.15) is 35.2 Å². The molecule has 2 aliphatic carbocycles. The van der Waals surface area contributed by atoms with Gasteiger partial charge in [0, 0.05) is 4.47 Å². The number of carbonyl (C=O) groups excluding carboxylic acids is 3. The smallest absolute Gasteiger partial charge is 0.272 e. The van der Waals surface area contributed by atoms with Crippen molar-refractivity contribution < 1.29 is 14.4 Å². The molecule has 2 aromatic carbocycles. The Labute approximate surface area is 188 Å². The van der Waals surface area contributed by atoms with Gasteiger partial charge in [0.05, 0.1) is 29.0 Å². The second kappa shape index (κ2) is 7.50. The summed E-state index contributed by atoms with van der Waals surface area (Å²) in [6.07, 6.45) is 2.93. The maximum Gasteiger partial charge on any atom is 0.274 e. The summed E-state index contributed by atoms with van der Waals surface area (Å²) in [7, 11) is 0. The van der Waals surface area contributed by atoms with Gasteiger partial charge in [0.15, 0.2) is 0 Å². The number of imide groups is 1. The van der Waals surface area contributed by atoms with Gasteiger partial charge in [-0.25, -0.2) is 5.01 Å². The van der Waals surface area contributed by atoms with Gasteiger partial charge in [0.2, 0.25) is 0 Å². The molecule has 1 heterocycles.